The molecule has 0 saturated heterocycles. The largest absolute Gasteiger partial charge is 0.494 e. The summed E-state index contributed by atoms with van der Waals surface area (Å²) >= 11 is 6.83. The molecule has 0 heterocycles. The molecule has 3 aromatic rings. The second-order valence-corrected chi connectivity index (χ2v) is 19.2. The van der Waals surface area contributed by atoms with E-state index in [1.54, 1.807) is 0 Å². The predicted octanol–water partition coefficient (Wildman–Crippen LogP) is 7.64. The molecular formula is C31H37ClOSi2. The Bertz CT molecular complexity index is 1100. The second-order valence-electron chi connectivity index (χ2n) is 9.24. The van der Waals surface area contributed by atoms with Crippen molar-refractivity contribution in [3.8, 4) is 16.9 Å². The molecule has 0 radical (unpaired) electrons. The Hall–Kier alpha value is -2.60. The van der Waals surface area contributed by atoms with Gasteiger partial charge < -0.3 is 4.74 Å². The highest BCUT2D eigenvalue weighted by Gasteiger charge is 2.45. The monoisotopic (exact) mass is 516 g/mol. The maximum Gasteiger partial charge on any atom is 0.120 e. The van der Waals surface area contributed by atoms with E-state index in [1.807, 2.05) is 6.92 Å². The van der Waals surface area contributed by atoms with Crippen molar-refractivity contribution < 1.29 is 4.74 Å². The van der Waals surface area contributed by atoms with E-state index in [2.05, 4.69) is 117 Å². The van der Waals surface area contributed by atoms with Crippen molar-refractivity contribution >= 4 is 38.1 Å². The fourth-order valence-corrected chi connectivity index (χ4v) is 20.5. The van der Waals surface area contributed by atoms with Crippen molar-refractivity contribution in [1.82, 2.24) is 0 Å². The Balaban J connectivity index is 2.32. The Morgan fingerprint density at radius 2 is 1.37 bits per heavy atom. The van der Waals surface area contributed by atoms with E-state index in [0.717, 1.165) is 29.5 Å². The van der Waals surface area contributed by atoms with E-state index in [4.69, 9.17) is 16.3 Å². The zero-order chi connectivity index (χ0) is 25.2. The maximum atomic E-state index is 6.83. The highest BCUT2D eigenvalue weighted by molar-refractivity contribution is 7.12. The van der Waals surface area contributed by atoms with Gasteiger partial charge in [-0.3, -0.25) is 0 Å². The summed E-state index contributed by atoms with van der Waals surface area (Å²) in [6, 6.07) is 31.4. The van der Waals surface area contributed by atoms with Crippen LogP contribution in [0, 0.1) is 0 Å². The lowest BCUT2D eigenvalue weighted by Crippen LogP contribution is -2.63. The van der Waals surface area contributed by atoms with Crippen LogP contribution in [-0.4, -0.2) is 28.3 Å². The van der Waals surface area contributed by atoms with Crippen LogP contribution in [0.15, 0.2) is 117 Å². The lowest BCUT2D eigenvalue weighted by molar-refractivity contribution is 0.340. The first-order chi connectivity index (χ1) is 17.1. The molecule has 3 aromatic carbocycles. The number of ether oxygens (including phenoxy) is 1. The Morgan fingerprint density at radius 3 is 1.94 bits per heavy atom. The van der Waals surface area contributed by atoms with Crippen molar-refractivity contribution in [3.05, 3.63) is 117 Å². The summed E-state index contributed by atoms with van der Waals surface area (Å²) < 4.78 is 5.79. The Kier molecular flexibility index (Phi) is 9.97. The summed E-state index contributed by atoms with van der Waals surface area (Å²) in [5.41, 5.74) is 4.37. The molecule has 0 aliphatic rings. The molecule has 0 saturated carbocycles. The van der Waals surface area contributed by atoms with Crippen molar-refractivity contribution in [2.45, 2.75) is 30.7 Å². The minimum absolute atomic E-state index is 0.659. The maximum absolute atomic E-state index is 6.83. The molecule has 0 aromatic heterocycles. The smallest absolute Gasteiger partial charge is 0.120 e. The summed E-state index contributed by atoms with van der Waals surface area (Å²) in [5, 5.41) is 2.85. The van der Waals surface area contributed by atoms with Gasteiger partial charge in [-0.15, -0.1) is 31.3 Å². The number of halogens is 1. The number of allylic oxidation sites excluding steroid dienone is 3. The molecule has 1 nitrogen and oxygen atoms in total. The van der Waals surface area contributed by atoms with Crippen molar-refractivity contribution in [3.63, 3.8) is 0 Å². The van der Waals surface area contributed by atoms with Gasteiger partial charge >= 0.3 is 0 Å². The first kappa shape index (κ1) is 27.0. The van der Waals surface area contributed by atoms with Crippen molar-refractivity contribution in [2.75, 3.05) is 12.1 Å². The highest BCUT2D eigenvalue weighted by Crippen LogP contribution is 2.34. The van der Waals surface area contributed by atoms with E-state index >= 15 is 0 Å². The molecule has 0 bridgehead atoms. The number of alkyl halides is 1. The third-order valence-corrected chi connectivity index (χ3v) is 20.7. The molecule has 4 heteroatoms. The van der Waals surface area contributed by atoms with Gasteiger partial charge in [-0.1, -0.05) is 95.8 Å². The molecule has 1 unspecified atom stereocenters. The van der Waals surface area contributed by atoms with Gasteiger partial charge in [0.15, 0.2) is 0 Å². The fraction of sp³-hybridized carbons (Fsp3) is 0.226. The normalized spacial score (nSPS) is 13.0. The third kappa shape index (κ3) is 6.16. The predicted molar refractivity (Wildman–Crippen MR) is 161 cm³/mol. The van der Waals surface area contributed by atoms with Gasteiger partial charge in [0.25, 0.3) is 0 Å². The van der Waals surface area contributed by atoms with Crippen molar-refractivity contribution in [2.24, 2.45) is 0 Å². The molecule has 0 fully saturated rings. The lowest BCUT2D eigenvalue weighted by atomic mass is 10.1. The second kappa shape index (κ2) is 12.9. The average molecular weight is 517 g/mol. The lowest BCUT2D eigenvalue weighted by Gasteiger charge is -2.41. The van der Waals surface area contributed by atoms with Crippen LogP contribution < -0.4 is 15.1 Å². The molecule has 182 valence electrons. The topological polar surface area (TPSA) is 9.23 Å². The number of rotatable bonds is 14. The van der Waals surface area contributed by atoms with Crippen LogP contribution in [0.4, 0.5) is 0 Å². The fourth-order valence-electron chi connectivity index (χ4n) is 5.34. The summed E-state index contributed by atoms with van der Waals surface area (Å²) in [4.78, 5) is 0. The summed E-state index contributed by atoms with van der Waals surface area (Å²) in [5.74, 6) is 0.909. The van der Waals surface area contributed by atoms with E-state index in [1.165, 1.54) is 21.5 Å². The van der Waals surface area contributed by atoms with Crippen LogP contribution in [0.25, 0.3) is 11.1 Å². The SMILES string of the molecule is C=CC[Si](CCl)(CC=C)C[Si](CC=C)(c1ccc(OCC)cc1)c1ccccc1-c1ccccc1. The molecule has 35 heavy (non-hydrogen) atoms. The summed E-state index contributed by atoms with van der Waals surface area (Å²) in [7, 11) is -4.29. The van der Waals surface area contributed by atoms with E-state index in [9.17, 15) is 0 Å². The summed E-state index contributed by atoms with van der Waals surface area (Å²) in [6.45, 7) is 15.2. The summed E-state index contributed by atoms with van der Waals surface area (Å²) in [6.07, 6.45) is 6.28. The Labute approximate surface area is 218 Å². The Morgan fingerprint density at radius 1 is 0.771 bits per heavy atom. The van der Waals surface area contributed by atoms with Crippen LogP contribution in [0.2, 0.25) is 23.8 Å². The number of benzene rings is 3. The van der Waals surface area contributed by atoms with Gasteiger partial charge in [-0.25, -0.2) is 0 Å². The molecule has 0 spiro atoms. The first-order valence-electron chi connectivity index (χ1n) is 12.3. The van der Waals surface area contributed by atoms with Crippen LogP contribution in [-0.2, 0) is 0 Å². The molecule has 0 amide bonds. The van der Waals surface area contributed by atoms with Gasteiger partial charge in [0.2, 0.25) is 0 Å². The van der Waals surface area contributed by atoms with Crippen LogP contribution >= 0.6 is 11.6 Å². The first-order valence-corrected chi connectivity index (χ1v) is 18.1. The van der Waals surface area contributed by atoms with Crippen LogP contribution in [0.1, 0.15) is 6.92 Å². The zero-order valence-electron chi connectivity index (χ0n) is 20.9. The number of hydrogen-bond acceptors (Lipinski definition) is 1. The molecule has 0 aliphatic carbocycles. The van der Waals surface area contributed by atoms with E-state index in [0.29, 0.717) is 12.1 Å². The van der Waals surface area contributed by atoms with E-state index in [-0.39, 0.29) is 0 Å². The van der Waals surface area contributed by atoms with Gasteiger partial charge in [0, 0.05) is 5.50 Å². The molecule has 3 rings (SSSR count). The number of hydrogen-bond donors (Lipinski definition) is 0. The zero-order valence-corrected chi connectivity index (χ0v) is 23.6. The third-order valence-electron chi connectivity index (χ3n) is 6.85. The van der Waals surface area contributed by atoms with Gasteiger partial charge in [0.1, 0.15) is 13.8 Å². The molecular weight excluding hydrogens is 480 g/mol. The molecule has 0 N–H and O–H groups in total. The average Bonchev–Trinajstić information content (AvgIpc) is 2.90. The van der Waals surface area contributed by atoms with Gasteiger partial charge in [-0.05, 0) is 53.5 Å². The minimum Gasteiger partial charge on any atom is -0.494 e. The van der Waals surface area contributed by atoms with Crippen LogP contribution in [0.3, 0.4) is 0 Å². The quantitative estimate of drug-likeness (QED) is 0.121. The van der Waals surface area contributed by atoms with Crippen molar-refractivity contribution in [1.29, 1.82) is 0 Å². The molecule has 1 atom stereocenters. The van der Waals surface area contributed by atoms with E-state index < -0.39 is 16.1 Å². The van der Waals surface area contributed by atoms with Gasteiger partial charge in [0.05, 0.1) is 14.7 Å². The van der Waals surface area contributed by atoms with Gasteiger partial charge in [-0.2, -0.15) is 0 Å². The van der Waals surface area contributed by atoms with Crippen LogP contribution in [0.5, 0.6) is 5.75 Å². The molecule has 0 aliphatic heterocycles. The highest BCUT2D eigenvalue weighted by atomic mass is 35.5. The standard InChI is InChI=1S/C31H37ClOSi2/c1-5-22-34(25-32,23-6-2)26-35(24-7-3,29-20-18-28(19-21-29)33-8-4)31-17-13-12-16-30(31)27-14-10-9-11-15-27/h5-7,9-21H,1-3,8,22-26H2,4H3. The minimum atomic E-state index is -2.34.